The van der Waals surface area contributed by atoms with Crippen molar-refractivity contribution >= 4 is 5.78 Å². The molecule has 0 saturated heterocycles. The molecule has 2 atom stereocenters. The molecule has 1 aromatic rings. The van der Waals surface area contributed by atoms with Gasteiger partial charge in [-0.15, -0.1) is 0 Å². The Kier molecular flexibility index (Phi) is 3.20. The smallest absolute Gasteiger partial charge is 0.161 e. The maximum Gasteiger partial charge on any atom is 0.161 e. The maximum absolute atomic E-state index is 11.4. The van der Waals surface area contributed by atoms with E-state index in [0.29, 0.717) is 18.6 Å². The first kappa shape index (κ1) is 11.1. The summed E-state index contributed by atoms with van der Waals surface area (Å²) in [5, 5.41) is 0. The van der Waals surface area contributed by atoms with Gasteiger partial charge in [0.05, 0.1) is 12.7 Å². The van der Waals surface area contributed by atoms with Gasteiger partial charge in [-0.05, 0) is 11.1 Å². The van der Waals surface area contributed by atoms with Gasteiger partial charge in [0.1, 0.15) is 0 Å². The van der Waals surface area contributed by atoms with Crippen LogP contribution in [-0.2, 0) is 16.1 Å². The molecule has 0 radical (unpaired) electrons. The zero-order chi connectivity index (χ0) is 11.5. The molecule has 2 rings (SSSR count). The highest BCUT2D eigenvalue weighted by Crippen LogP contribution is 2.29. The molecule has 0 N–H and O–H groups in total. The lowest BCUT2D eigenvalue weighted by atomic mass is 10.1. The summed E-state index contributed by atoms with van der Waals surface area (Å²) in [4.78, 5) is 11.4. The van der Waals surface area contributed by atoms with Gasteiger partial charge < -0.3 is 4.74 Å². The first-order valence-corrected chi connectivity index (χ1v) is 5.56. The lowest BCUT2D eigenvalue weighted by Gasteiger charge is -2.15. The summed E-state index contributed by atoms with van der Waals surface area (Å²) in [5.41, 5.74) is 1.85. The third-order valence-electron chi connectivity index (χ3n) is 3.16. The van der Waals surface area contributed by atoms with E-state index in [2.05, 4.69) is 6.58 Å². The summed E-state index contributed by atoms with van der Waals surface area (Å²) in [5.74, 6) is 0.293. The molecule has 0 aromatic heterocycles. The van der Waals surface area contributed by atoms with Gasteiger partial charge in [-0.2, -0.15) is 0 Å². The van der Waals surface area contributed by atoms with Crippen LogP contribution in [0.3, 0.4) is 0 Å². The first-order chi connectivity index (χ1) is 7.68. The summed E-state index contributed by atoms with van der Waals surface area (Å²) in [6, 6.07) is 10.0. The van der Waals surface area contributed by atoms with Crippen LogP contribution in [0.15, 0.2) is 42.5 Å². The number of ether oxygens (including phenoxy) is 1. The van der Waals surface area contributed by atoms with E-state index in [-0.39, 0.29) is 17.8 Å². The molecule has 84 valence electrons. The van der Waals surface area contributed by atoms with Crippen molar-refractivity contribution in [3.63, 3.8) is 0 Å². The quantitative estimate of drug-likeness (QED) is 0.726. The molecule has 0 amide bonds. The molecule has 1 aliphatic carbocycles. The van der Waals surface area contributed by atoms with Crippen molar-refractivity contribution in [2.24, 2.45) is 5.92 Å². The third kappa shape index (κ3) is 2.22. The van der Waals surface area contributed by atoms with Crippen molar-refractivity contribution in [3.8, 4) is 0 Å². The summed E-state index contributed by atoms with van der Waals surface area (Å²) in [6.07, 6.45) is 0.479. The number of benzene rings is 1. The van der Waals surface area contributed by atoms with Crippen LogP contribution in [-0.4, -0.2) is 11.9 Å². The van der Waals surface area contributed by atoms with Gasteiger partial charge in [0.2, 0.25) is 0 Å². The molecule has 0 spiro atoms. The van der Waals surface area contributed by atoms with Gasteiger partial charge in [-0.1, -0.05) is 43.8 Å². The highest BCUT2D eigenvalue weighted by Gasteiger charge is 2.33. The van der Waals surface area contributed by atoms with E-state index in [9.17, 15) is 4.79 Å². The highest BCUT2D eigenvalue weighted by atomic mass is 16.5. The molecule has 0 aliphatic heterocycles. The average Bonchev–Trinajstić information content (AvgIpc) is 2.56. The van der Waals surface area contributed by atoms with Crippen molar-refractivity contribution < 1.29 is 9.53 Å². The van der Waals surface area contributed by atoms with E-state index >= 15 is 0 Å². The predicted molar refractivity (Wildman–Crippen MR) is 62.9 cm³/mol. The van der Waals surface area contributed by atoms with Crippen LogP contribution in [0.5, 0.6) is 0 Å². The zero-order valence-electron chi connectivity index (χ0n) is 9.48. The van der Waals surface area contributed by atoms with Gasteiger partial charge in [0.25, 0.3) is 0 Å². The minimum absolute atomic E-state index is 0.000191. The van der Waals surface area contributed by atoms with Crippen molar-refractivity contribution in [2.45, 2.75) is 26.1 Å². The summed E-state index contributed by atoms with van der Waals surface area (Å²) >= 11 is 0. The normalized spacial score (nSPS) is 25.1. The number of carbonyl (C=O) groups excluding carboxylic acids is 1. The fourth-order valence-electron chi connectivity index (χ4n) is 1.95. The zero-order valence-corrected chi connectivity index (χ0v) is 9.48. The van der Waals surface area contributed by atoms with E-state index < -0.39 is 0 Å². The molecule has 2 heteroatoms. The molecule has 0 unspecified atom stereocenters. The van der Waals surface area contributed by atoms with Crippen molar-refractivity contribution in [2.75, 3.05) is 0 Å². The Morgan fingerprint density at radius 1 is 1.38 bits per heavy atom. The second-order valence-electron chi connectivity index (χ2n) is 4.28. The number of rotatable bonds is 3. The number of hydrogen-bond donors (Lipinski definition) is 0. The predicted octanol–water partition coefficient (Wildman–Crippen LogP) is 2.74. The van der Waals surface area contributed by atoms with Gasteiger partial charge in [-0.25, -0.2) is 0 Å². The maximum atomic E-state index is 11.4. The number of hydrogen-bond acceptors (Lipinski definition) is 2. The summed E-state index contributed by atoms with van der Waals surface area (Å²) in [7, 11) is 0. The standard InChI is InChI=1S/C14H16O2/c1-10-11(2)14(8-13(10)15)16-9-12-6-4-3-5-7-12/h3-7,11,14H,1,8-9H2,2H3/t11-,14-/m1/s1. The fourth-order valence-corrected chi connectivity index (χ4v) is 1.95. The second kappa shape index (κ2) is 4.62. The third-order valence-corrected chi connectivity index (χ3v) is 3.16. The summed E-state index contributed by atoms with van der Waals surface area (Å²) < 4.78 is 5.76. The number of ketones is 1. The van der Waals surface area contributed by atoms with Crippen molar-refractivity contribution in [1.82, 2.24) is 0 Å². The van der Waals surface area contributed by atoms with Gasteiger partial charge in [0, 0.05) is 12.3 Å². The van der Waals surface area contributed by atoms with Crippen molar-refractivity contribution in [3.05, 3.63) is 48.0 Å². The van der Waals surface area contributed by atoms with E-state index in [1.807, 2.05) is 37.3 Å². The van der Waals surface area contributed by atoms with Crippen molar-refractivity contribution in [1.29, 1.82) is 0 Å². The first-order valence-electron chi connectivity index (χ1n) is 5.56. The van der Waals surface area contributed by atoms with E-state index in [4.69, 9.17) is 4.74 Å². The minimum Gasteiger partial charge on any atom is -0.372 e. The minimum atomic E-state index is 0.000191. The monoisotopic (exact) mass is 216 g/mol. The van der Waals surface area contributed by atoms with Gasteiger partial charge in [-0.3, -0.25) is 4.79 Å². The Morgan fingerprint density at radius 2 is 2.06 bits per heavy atom. The van der Waals surface area contributed by atoms with Crippen LogP contribution in [0.1, 0.15) is 18.9 Å². The van der Waals surface area contributed by atoms with Crippen LogP contribution in [0.2, 0.25) is 0 Å². The molecule has 16 heavy (non-hydrogen) atoms. The topological polar surface area (TPSA) is 26.3 Å². The molecule has 1 aliphatic rings. The molecule has 1 fully saturated rings. The van der Waals surface area contributed by atoms with Gasteiger partial charge >= 0.3 is 0 Å². The largest absolute Gasteiger partial charge is 0.372 e. The Balaban J connectivity index is 1.92. The Morgan fingerprint density at radius 3 is 2.62 bits per heavy atom. The fraction of sp³-hybridized carbons (Fsp3) is 0.357. The highest BCUT2D eigenvalue weighted by molar-refractivity contribution is 5.98. The van der Waals surface area contributed by atoms with E-state index in [1.165, 1.54) is 0 Å². The Hall–Kier alpha value is -1.41. The molecule has 0 heterocycles. The molecule has 1 aromatic carbocycles. The Bertz CT molecular complexity index is 394. The van der Waals surface area contributed by atoms with E-state index in [0.717, 1.165) is 5.56 Å². The average molecular weight is 216 g/mol. The lowest BCUT2D eigenvalue weighted by molar-refractivity contribution is -0.115. The number of carbonyl (C=O) groups is 1. The van der Waals surface area contributed by atoms with Crippen LogP contribution >= 0.6 is 0 Å². The van der Waals surface area contributed by atoms with Crippen LogP contribution < -0.4 is 0 Å². The molecular weight excluding hydrogens is 200 g/mol. The van der Waals surface area contributed by atoms with E-state index in [1.54, 1.807) is 0 Å². The summed E-state index contributed by atoms with van der Waals surface area (Å²) in [6.45, 7) is 6.36. The second-order valence-corrected chi connectivity index (χ2v) is 4.28. The molecule has 1 saturated carbocycles. The Labute approximate surface area is 95.9 Å². The van der Waals surface area contributed by atoms with Crippen LogP contribution in [0, 0.1) is 5.92 Å². The SMILES string of the molecule is C=C1C(=O)C[C@@H](OCc2ccccc2)[C@@H]1C. The lowest BCUT2D eigenvalue weighted by Crippen LogP contribution is -2.16. The molecular formula is C14H16O2. The van der Waals surface area contributed by atoms with Gasteiger partial charge in [0.15, 0.2) is 5.78 Å². The van der Waals surface area contributed by atoms with Crippen LogP contribution in [0.4, 0.5) is 0 Å². The number of Topliss-reactive ketones (excluding diaryl/α,β-unsaturated/α-hetero) is 1. The molecule has 0 bridgehead atoms. The molecule has 2 nitrogen and oxygen atoms in total. The van der Waals surface area contributed by atoms with Crippen LogP contribution in [0.25, 0.3) is 0 Å².